The minimum absolute atomic E-state index is 0.493. The Morgan fingerprint density at radius 1 is 1.00 bits per heavy atom. The molecule has 0 saturated heterocycles. The van der Waals surface area contributed by atoms with Crippen LogP contribution in [0.3, 0.4) is 0 Å². The van der Waals surface area contributed by atoms with Gasteiger partial charge >= 0.3 is 0 Å². The van der Waals surface area contributed by atoms with Crippen molar-refractivity contribution in [3.05, 3.63) is 73.4 Å². The van der Waals surface area contributed by atoms with Crippen molar-refractivity contribution in [2.45, 2.75) is 0 Å². The highest BCUT2D eigenvalue weighted by molar-refractivity contribution is 5.82. The summed E-state index contributed by atoms with van der Waals surface area (Å²) in [4.78, 5) is 8.65. The Balaban J connectivity index is 1.57. The van der Waals surface area contributed by atoms with Crippen LogP contribution in [-0.2, 0) is 0 Å². The summed E-state index contributed by atoms with van der Waals surface area (Å²) >= 11 is 0. The third-order valence-electron chi connectivity index (χ3n) is 4.44. The van der Waals surface area contributed by atoms with Crippen molar-refractivity contribution in [2.75, 3.05) is 7.11 Å². The predicted molar refractivity (Wildman–Crippen MR) is 101 cm³/mol. The van der Waals surface area contributed by atoms with E-state index in [4.69, 9.17) is 13.9 Å². The van der Waals surface area contributed by atoms with Crippen molar-refractivity contribution in [3.8, 4) is 28.6 Å². The van der Waals surface area contributed by atoms with E-state index in [1.165, 1.54) is 0 Å². The minimum atomic E-state index is 0.493. The van der Waals surface area contributed by atoms with Gasteiger partial charge in [-0.2, -0.15) is 0 Å². The Hall–Kier alpha value is -3.80. The highest BCUT2D eigenvalue weighted by Gasteiger charge is 2.13. The lowest BCUT2D eigenvalue weighted by Crippen LogP contribution is -1.95. The molecule has 5 rings (SSSR count). The van der Waals surface area contributed by atoms with Crippen LogP contribution in [0.4, 0.5) is 0 Å². The molecule has 4 aromatic heterocycles. The first-order valence-electron chi connectivity index (χ1n) is 8.44. The molecule has 0 bridgehead atoms. The average molecular weight is 357 g/mol. The van der Waals surface area contributed by atoms with Gasteiger partial charge in [-0.05, 0) is 36.4 Å². The van der Waals surface area contributed by atoms with Crippen molar-refractivity contribution in [1.29, 1.82) is 0 Å². The zero-order chi connectivity index (χ0) is 18.2. The van der Waals surface area contributed by atoms with Gasteiger partial charge in [0.15, 0.2) is 0 Å². The number of benzene rings is 1. The van der Waals surface area contributed by atoms with Crippen molar-refractivity contribution >= 4 is 16.6 Å². The molecule has 27 heavy (non-hydrogen) atoms. The second-order valence-electron chi connectivity index (χ2n) is 5.98. The maximum Gasteiger partial charge on any atom is 0.230 e. The van der Waals surface area contributed by atoms with E-state index in [-0.39, 0.29) is 0 Å². The van der Waals surface area contributed by atoms with Crippen molar-refractivity contribution < 1.29 is 13.9 Å². The van der Waals surface area contributed by atoms with Gasteiger partial charge in [-0.1, -0.05) is 6.07 Å². The number of nitrogens with zero attached hydrogens (tertiary/aromatic N) is 3. The quantitative estimate of drug-likeness (QED) is 0.456. The molecule has 0 unspecified atom stereocenters. The number of ether oxygens (including phenoxy) is 2. The highest BCUT2D eigenvalue weighted by Crippen LogP contribution is 2.36. The predicted octanol–water partition coefficient (Wildman–Crippen LogP) is 4.94. The molecule has 0 atom stereocenters. The van der Waals surface area contributed by atoms with E-state index in [1.807, 2.05) is 53.1 Å². The summed E-state index contributed by atoms with van der Waals surface area (Å²) in [6.45, 7) is 0. The lowest BCUT2D eigenvalue weighted by molar-refractivity contribution is 0.409. The van der Waals surface area contributed by atoms with E-state index in [0.29, 0.717) is 17.4 Å². The zero-order valence-corrected chi connectivity index (χ0v) is 14.5. The molecule has 0 amide bonds. The van der Waals surface area contributed by atoms with E-state index in [2.05, 4.69) is 9.97 Å². The van der Waals surface area contributed by atoms with E-state index in [1.54, 1.807) is 31.8 Å². The fourth-order valence-electron chi connectivity index (χ4n) is 3.18. The van der Waals surface area contributed by atoms with Crippen molar-refractivity contribution in [1.82, 2.24) is 14.4 Å². The molecule has 6 nitrogen and oxygen atoms in total. The van der Waals surface area contributed by atoms with E-state index in [9.17, 15) is 0 Å². The Morgan fingerprint density at radius 2 is 1.96 bits per heavy atom. The number of aromatic nitrogens is 3. The van der Waals surface area contributed by atoms with Crippen LogP contribution >= 0.6 is 0 Å². The first-order valence-corrected chi connectivity index (χ1v) is 8.44. The van der Waals surface area contributed by atoms with Crippen LogP contribution in [-0.4, -0.2) is 21.5 Å². The van der Waals surface area contributed by atoms with Crippen LogP contribution < -0.4 is 9.47 Å². The van der Waals surface area contributed by atoms with Crippen LogP contribution in [0.15, 0.2) is 77.8 Å². The lowest BCUT2D eigenvalue weighted by atomic mass is 10.1. The third kappa shape index (κ3) is 2.58. The summed E-state index contributed by atoms with van der Waals surface area (Å²) in [5.74, 6) is 1.83. The van der Waals surface area contributed by atoms with Gasteiger partial charge in [-0.25, -0.2) is 9.97 Å². The monoisotopic (exact) mass is 357 g/mol. The molecule has 0 aliphatic heterocycles. The van der Waals surface area contributed by atoms with Gasteiger partial charge in [-0.15, -0.1) is 0 Å². The van der Waals surface area contributed by atoms with Gasteiger partial charge in [0, 0.05) is 30.2 Å². The largest absolute Gasteiger partial charge is 0.496 e. The number of pyridine rings is 2. The van der Waals surface area contributed by atoms with Gasteiger partial charge in [0.1, 0.15) is 22.7 Å². The SMILES string of the molecule is COc1cc(Oc2nccc3occc23)ccc1-c1cccc2nccn12. The molecule has 0 aliphatic carbocycles. The number of hydrogen-bond donors (Lipinski definition) is 0. The maximum absolute atomic E-state index is 5.99. The molecule has 0 radical (unpaired) electrons. The maximum atomic E-state index is 5.99. The van der Waals surface area contributed by atoms with Crippen LogP contribution in [0.5, 0.6) is 17.4 Å². The smallest absolute Gasteiger partial charge is 0.230 e. The molecular formula is C21H15N3O3. The second kappa shape index (κ2) is 6.17. The fourth-order valence-corrected chi connectivity index (χ4v) is 3.18. The Morgan fingerprint density at radius 3 is 2.89 bits per heavy atom. The molecule has 4 heterocycles. The number of hydrogen-bond acceptors (Lipinski definition) is 5. The van der Waals surface area contributed by atoms with Gasteiger partial charge < -0.3 is 13.9 Å². The van der Waals surface area contributed by atoms with Gasteiger partial charge in [0.05, 0.1) is 24.5 Å². The third-order valence-corrected chi connectivity index (χ3v) is 4.44. The van der Waals surface area contributed by atoms with Crippen LogP contribution in [0.1, 0.15) is 0 Å². The Kier molecular flexibility index (Phi) is 3.53. The number of methoxy groups -OCH3 is 1. The topological polar surface area (TPSA) is 61.8 Å². The second-order valence-corrected chi connectivity index (χ2v) is 5.98. The van der Waals surface area contributed by atoms with Crippen molar-refractivity contribution in [2.24, 2.45) is 0 Å². The molecule has 132 valence electrons. The molecule has 0 saturated carbocycles. The zero-order valence-electron chi connectivity index (χ0n) is 14.5. The number of rotatable bonds is 4. The molecule has 0 N–H and O–H groups in total. The first kappa shape index (κ1) is 15.5. The molecule has 6 heteroatoms. The summed E-state index contributed by atoms with van der Waals surface area (Å²) < 4.78 is 19.0. The fraction of sp³-hybridized carbons (Fsp3) is 0.0476. The summed E-state index contributed by atoms with van der Waals surface area (Å²) in [6.07, 6.45) is 6.99. The summed E-state index contributed by atoms with van der Waals surface area (Å²) in [6, 6.07) is 15.3. The standard InChI is InChI=1S/C21H15N3O3/c1-25-19-13-14(27-21-16-8-12-26-18(16)7-9-23-21)5-6-15(19)17-3-2-4-20-22-10-11-24(17)20/h2-13H,1H3. The molecule has 0 spiro atoms. The van der Waals surface area contributed by atoms with Gasteiger partial charge in [0.2, 0.25) is 5.88 Å². The van der Waals surface area contributed by atoms with E-state index >= 15 is 0 Å². The van der Waals surface area contributed by atoms with Crippen LogP contribution in [0, 0.1) is 0 Å². The van der Waals surface area contributed by atoms with Crippen molar-refractivity contribution in [3.63, 3.8) is 0 Å². The normalized spacial score (nSPS) is 11.1. The Labute approximate surface area is 154 Å². The summed E-state index contributed by atoms with van der Waals surface area (Å²) in [5.41, 5.74) is 3.55. The van der Waals surface area contributed by atoms with Gasteiger partial charge in [0.25, 0.3) is 0 Å². The highest BCUT2D eigenvalue weighted by atomic mass is 16.5. The average Bonchev–Trinajstić information content (AvgIpc) is 3.37. The molecule has 0 fully saturated rings. The first-order chi connectivity index (χ1) is 13.3. The van der Waals surface area contributed by atoms with Gasteiger partial charge in [-0.3, -0.25) is 4.40 Å². The molecule has 1 aromatic carbocycles. The number of fused-ring (bicyclic) bond motifs is 2. The minimum Gasteiger partial charge on any atom is -0.496 e. The Bertz CT molecular complexity index is 1260. The van der Waals surface area contributed by atoms with Crippen LogP contribution in [0.25, 0.3) is 27.9 Å². The molecule has 0 aliphatic rings. The summed E-state index contributed by atoms with van der Waals surface area (Å²) in [7, 11) is 1.64. The number of furan rings is 1. The van der Waals surface area contributed by atoms with E-state index in [0.717, 1.165) is 27.9 Å². The molecule has 5 aromatic rings. The molecular weight excluding hydrogens is 342 g/mol. The van der Waals surface area contributed by atoms with E-state index < -0.39 is 0 Å². The van der Waals surface area contributed by atoms with Crippen LogP contribution in [0.2, 0.25) is 0 Å². The lowest BCUT2D eigenvalue weighted by Gasteiger charge is -2.13. The number of imidazole rings is 1. The summed E-state index contributed by atoms with van der Waals surface area (Å²) in [5, 5.41) is 0.823.